The molecule has 0 amide bonds. The van der Waals surface area contributed by atoms with Gasteiger partial charge in [0.2, 0.25) is 0 Å². The molecule has 22 heavy (non-hydrogen) atoms. The smallest absolute Gasteiger partial charge is 0.256 e. The second-order valence-electron chi connectivity index (χ2n) is 5.51. The third-order valence-corrected chi connectivity index (χ3v) is 4.13. The first-order valence-electron chi connectivity index (χ1n) is 7.76. The van der Waals surface area contributed by atoms with Gasteiger partial charge in [-0.05, 0) is 37.0 Å². The summed E-state index contributed by atoms with van der Waals surface area (Å²) in [7, 11) is 0. The molecule has 3 aromatic rings. The highest BCUT2D eigenvalue weighted by molar-refractivity contribution is 5.90. The zero-order chi connectivity index (χ0) is 15.7. The highest BCUT2D eigenvalue weighted by atomic mass is 16.1. The van der Waals surface area contributed by atoms with Gasteiger partial charge < -0.3 is 4.98 Å². The van der Waals surface area contributed by atoms with Crippen LogP contribution in [0.5, 0.6) is 0 Å². The van der Waals surface area contributed by atoms with Crippen LogP contribution in [-0.4, -0.2) is 9.97 Å². The molecule has 112 valence electrons. The van der Waals surface area contributed by atoms with Gasteiger partial charge in [0, 0.05) is 16.8 Å². The van der Waals surface area contributed by atoms with Gasteiger partial charge in [-0.1, -0.05) is 44.2 Å². The standard InChI is InChI=1S/C19H20N2O/c1-4-14-11-16-18(15(5-2)20-14)12(3)17(19(22)21-16)13-9-7-6-8-10-13/h6-11H,4-5H2,1-3H3,(H,21,22). The van der Waals surface area contributed by atoms with E-state index in [1.165, 1.54) is 0 Å². The molecule has 0 fully saturated rings. The van der Waals surface area contributed by atoms with E-state index in [2.05, 4.69) is 18.8 Å². The lowest BCUT2D eigenvalue weighted by molar-refractivity contribution is 0.966. The number of hydrogen-bond donors (Lipinski definition) is 1. The summed E-state index contributed by atoms with van der Waals surface area (Å²) in [6.07, 6.45) is 1.72. The van der Waals surface area contributed by atoms with E-state index in [4.69, 9.17) is 4.98 Å². The van der Waals surface area contributed by atoms with E-state index in [1.807, 2.05) is 43.3 Å². The molecule has 0 aliphatic carbocycles. The third kappa shape index (κ3) is 2.33. The molecule has 0 bridgehead atoms. The van der Waals surface area contributed by atoms with Crippen molar-refractivity contribution in [2.24, 2.45) is 0 Å². The van der Waals surface area contributed by atoms with Gasteiger partial charge in [-0.15, -0.1) is 0 Å². The first-order valence-corrected chi connectivity index (χ1v) is 7.76. The fourth-order valence-electron chi connectivity index (χ4n) is 3.04. The van der Waals surface area contributed by atoms with Crippen LogP contribution in [0.3, 0.4) is 0 Å². The average molecular weight is 292 g/mol. The molecule has 3 nitrogen and oxygen atoms in total. The molecule has 0 saturated carbocycles. The molecular weight excluding hydrogens is 272 g/mol. The quantitative estimate of drug-likeness (QED) is 0.792. The summed E-state index contributed by atoms with van der Waals surface area (Å²) in [5.74, 6) is 0. The Hall–Kier alpha value is -2.42. The molecule has 1 aromatic carbocycles. The van der Waals surface area contributed by atoms with Gasteiger partial charge in [0.15, 0.2) is 0 Å². The summed E-state index contributed by atoms with van der Waals surface area (Å²) >= 11 is 0. The van der Waals surface area contributed by atoms with Gasteiger partial charge in [0.05, 0.1) is 11.1 Å². The molecule has 0 spiro atoms. The zero-order valence-electron chi connectivity index (χ0n) is 13.2. The Kier molecular flexibility index (Phi) is 3.80. The monoisotopic (exact) mass is 292 g/mol. The van der Waals surface area contributed by atoms with Crippen molar-refractivity contribution in [2.75, 3.05) is 0 Å². The largest absolute Gasteiger partial charge is 0.321 e. The first kappa shape index (κ1) is 14.5. The number of fused-ring (bicyclic) bond motifs is 1. The van der Waals surface area contributed by atoms with Crippen LogP contribution >= 0.6 is 0 Å². The van der Waals surface area contributed by atoms with Gasteiger partial charge in [0.1, 0.15) is 0 Å². The molecule has 3 heteroatoms. The molecule has 1 N–H and O–H groups in total. The molecule has 0 aliphatic heterocycles. The Morgan fingerprint density at radius 2 is 1.82 bits per heavy atom. The second-order valence-corrected chi connectivity index (χ2v) is 5.51. The van der Waals surface area contributed by atoms with Crippen LogP contribution in [0, 0.1) is 6.92 Å². The van der Waals surface area contributed by atoms with Crippen molar-refractivity contribution in [2.45, 2.75) is 33.6 Å². The zero-order valence-corrected chi connectivity index (χ0v) is 13.2. The van der Waals surface area contributed by atoms with Gasteiger partial charge in [-0.2, -0.15) is 0 Å². The van der Waals surface area contributed by atoms with Crippen molar-refractivity contribution in [3.63, 3.8) is 0 Å². The molecule has 2 aromatic heterocycles. The van der Waals surface area contributed by atoms with Gasteiger partial charge in [-0.25, -0.2) is 0 Å². The van der Waals surface area contributed by atoms with Crippen LogP contribution in [-0.2, 0) is 12.8 Å². The van der Waals surface area contributed by atoms with Crippen molar-refractivity contribution >= 4 is 10.9 Å². The van der Waals surface area contributed by atoms with Gasteiger partial charge in [-0.3, -0.25) is 9.78 Å². The molecule has 0 aliphatic rings. The summed E-state index contributed by atoms with van der Waals surface area (Å²) < 4.78 is 0. The fourth-order valence-corrected chi connectivity index (χ4v) is 3.04. The highest BCUT2D eigenvalue weighted by Crippen LogP contribution is 2.27. The number of aryl methyl sites for hydroxylation is 3. The van der Waals surface area contributed by atoms with Crippen molar-refractivity contribution in [3.8, 4) is 11.1 Å². The summed E-state index contributed by atoms with van der Waals surface area (Å²) in [6, 6.07) is 11.8. The summed E-state index contributed by atoms with van der Waals surface area (Å²) in [4.78, 5) is 20.4. The van der Waals surface area contributed by atoms with E-state index in [9.17, 15) is 4.79 Å². The molecule has 0 radical (unpaired) electrons. The lowest BCUT2D eigenvalue weighted by Gasteiger charge is -2.13. The predicted molar refractivity (Wildman–Crippen MR) is 91.3 cm³/mol. The molecule has 3 rings (SSSR count). The Balaban J connectivity index is 2.40. The number of H-pyrrole nitrogens is 1. The van der Waals surface area contributed by atoms with Crippen molar-refractivity contribution in [3.05, 3.63) is 63.7 Å². The number of rotatable bonds is 3. The molecule has 0 unspecified atom stereocenters. The minimum Gasteiger partial charge on any atom is -0.321 e. The van der Waals surface area contributed by atoms with Crippen LogP contribution < -0.4 is 5.56 Å². The van der Waals surface area contributed by atoms with Crippen molar-refractivity contribution < 1.29 is 0 Å². The number of aromatic amines is 1. The summed E-state index contributed by atoms with van der Waals surface area (Å²) in [6.45, 7) is 6.21. The lowest BCUT2D eigenvalue weighted by atomic mass is 9.97. The maximum absolute atomic E-state index is 12.6. The van der Waals surface area contributed by atoms with E-state index in [0.717, 1.165) is 51.8 Å². The molecule has 0 atom stereocenters. The Labute approximate surface area is 130 Å². The number of hydrogen-bond acceptors (Lipinski definition) is 2. The first-order chi connectivity index (χ1) is 10.7. The SMILES string of the molecule is CCc1cc2[nH]c(=O)c(-c3ccccc3)c(C)c2c(CC)n1. The maximum atomic E-state index is 12.6. The van der Waals surface area contributed by atoms with Crippen LogP contribution in [0.15, 0.2) is 41.2 Å². The molecular formula is C19H20N2O. The van der Waals surface area contributed by atoms with E-state index >= 15 is 0 Å². The number of benzene rings is 1. The van der Waals surface area contributed by atoms with Crippen molar-refractivity contribution in [1.82, 2.24) is 9.97 Å². The van der Waals surface area contributed by atoms with E-state index in [1.54, 1.807) is 0 Å². The van der Waals surface area contributed by atoms with Crippen LogP contribution in [0.25, 0.3) is 22.0 Å². The number of nitrogens with zero attached hydrogens (tertiary/aromatic N) is 1. The van der Waals surface area contributed by atoms with Gasteiger partial charge >= 0.3 is 0 Å². The van der Waals surface area contributed by atoms with E-state index < -0.39 is 0 Å². The summed E-state index contributed by atoms with van der Waals surface area (Å²) in [5.41, 5.74) is 5.64. The Morgan fingerprint density at radius 3 is 2.45 bits per heavy atom. The van der Waals surface area contributed by atoms with Crippen LogP contribution in [0.2, 0.25) is 0 Å². The molecule has 0 saturated heterocycles. The predicted octanol–water partition coefficient (Wildman–Crippen LogP) is 4.02. The van der Waals surface area contributed by atoms with Crippen LogP contribution in [0.4, 0.5) is 0 Å². The summed E-state index contributed by atoms with van der Waals surface area (Å²) in [5, 5.41) is 1.08. The topological polar surface area (TPSA) is 45.8 Å². The van der Waals surface area contributed by atoms with E-state index in [0.29, 0.717) is 0 Å². The second kappa shape index (κ2) is 5.76. The maximum Gasteiger partial charge on any atom is 0.256 e. The molecule has 2 heterocycles. The van der Waals surface area contributed by atoms with Gasteiger partial charge in [0.25, 0.3) is 5.56 Å². The Bertz CT molecular complexity index is 879. The van der Waals surface area contributed by atoms with Crippen LogP contribution in [0.1, 0.15) is 30.8 Å². The van der Waals surface area contributed by atoms with E-state index in [-0.39, 0.29) is 5.56 Å². The van der Waals surface area contributed by atoms with Crippen molar-refractivity contribution in [1.29, 1.82) is 0 Å². The normalized spacial score (nSPS) is 11.0. The highest BCUT2D eigenvalue weighted by Gasteiger charge is 2.14. The minimum atomic E-state index is -0.0356. The fraction of sp³-hybridized carbons (Fsp3) is 0.263. The number of aromatic nitrogens is 2. The lowest BCUT2D eigenvalue weighted by Crippen LogP contribution is -2.13. The number of pyridine rings is 2. The number of nitrogens with one attached hydrogen (secondary N) is 1. The minimum absolute atomic E-state index is 0.0356. The third-order valence-electron chi connectivity index (χ3n) is 4.13. The average Bonchev–Trinajstić information content (AvgIpc) is 2.54. The Morgan fingerprint density at radius 1 is 1.09 bits per heavy atom.